The molecule has 1 saturated heterocycles. The van der Waals surface area contributed by atoms with Crippen LogP contribution < -0.4 is 11.1 Å². The molecular weight excluding hydrogens is 422 g/mol. The fourth-order valence-electron chi connectivity index (χ4n) is 3.98. The number of thioether (sulfide) groups is 1. The average molecular weight is 462 g/mol. The highest BCUT2D eigenvalue weighted by Gasteiger charge is 2.29. The second kappa shape index (κ2) is 12.5. The molecule has 2 atom stereocenters. The summed E-state index contributed by atoms with van der Waals surface area (Å²) < 4.78 is 11.0. The van der Waals surface area contributed by atoms with Gasteiger partial charge in [0, 0.05) is 76.2 Å². The van der Waals surface area contributed by atoms with Gasteiger partial charge >= 0.3 is 0 Å². The average Bonchev–Trinajstić information content (AvgIpc) is 3.21. The number of ether oxygens (including phenoxy) is 2. The van der Waals surface area contributed by atoms with Gasteiger partial charge in [-0.15, -0.1) is 11.8 Å². The number of hydrogen-bond acceptors (Lipinski definition) is 8. The molecule has 2 aliphatic heterocycles. The van der Waals surface area contributed by atoms with E-state index in [0.29, 0.717) is 0 Å². The first-order chi connectivity index (χ1) is 15.5. The normalized spacial score (nSPS) is 20.6. The van der Waals surface area contributed by atoms with E-state index in [-0.39, 0.29) is 11.4 Å². The Bertz CT molecular complexity index is 762. The molecule has 1 aromatic rings. The smallest absolute Gasteiger partial charge is 0.0940 e. The Morgan fingerprint density at radius 2 is 2.09 bits per heavy atom. The number of nitrogens with zero attached hydrogens (tertiary/aromatic N) is 3. The quantitative estimate of drug-likeness (QED) is 0.460. The fraction of sp³-hybridized carbons (Fsp3) is 0.625. The standard InChI is InChI=1S/C24H39N5O2S/c1-5-13-31-14-8-26-19(3)29-11-9-28(10-12-29)17-20-6-7-22(27-16-20)23-15-21(25)24(32-23)18(2)30-4/h6-7,16,18,23,26H,3,5,8-15,17,25H2,1-2,4H3. The van der Waals surface area contributed by atoms with E-state index in [0.717, 1.165) is 87.4 Å². The molecule has 0 aromatic carbocycles. The van der Waals surface area contributed by atoms with Crippen LogP contribution in [0.15, 0.2) is 41.3 Å². The summed E-state index contributed by atoms with van der Waals surface area (Å²) in [6.45, 7) is 15.6. The summed E-state index contributed by atoms with van der Waals surface area (Å²) >= 11 is 1.79. The molecule has 3 heterocycles. The third-order valence-corrected chi connectivity index (χ3v) is 7.52. The van der Waals surface area contributed by atoms with E-state index in [1.165, 1.54) is 5.56 Å². The van der Waals surface area contributed by atoms with Crippen LogP contribution in [0.5, 0.6) is 0 Å². The molecule has 3 rings (SSSR count). The number of methoxy groups -OCH3 is 1. The number of nitrogens with two attached hydrogens (primary N) is 1. The van der Waals surface area contributed by atoms with Crippen LogP contribution in [0.3, 0.4) is 0 Å². The number of rotatable bonds is 12. The monoisotopic (exact) mass is 461 g/mol. The molecule has 0 amide bonds. The van der Waals surface area contributed by atoms with Crippen LogP contribution in [0.1, 0.15) is 43.2 Å². The minimum Gasteiger partial charge on any atom is -0.401 e. The predicted octanol–water partition coefficient (Wildman–Crippen LogP) is 3.07. The number of nitrogens with one attached hydrogen (secondary N) is 1. The van der Waals surface area contributed by atoms with Crippen molar-refractivity contribution in [2.75, 3.05) is 53.0 Å². The highest BCUT2D eigenvalue weighted by Crippen LogP contribution is 2.47. The van der Waals surface area contributed by atoms with Crippen molar-refractivity contribution in [1.29, 1.82) is 0 Å². The molecule has 0 aliphatic carbocycles. The van der Waals surface area contributed by atoms with Crippen LogP contribution in [0, 0.1) is 0 Å². The fourth-order valence-corrected chi connectivity index (χ4v) is 5.33. The van der Waals surface area contributed by atoms with Gasteiger partial charge in [-0.1, -0.05) is 19.6 Å². The summed E-state index contributed by atoms with van der Waals surface area (Å²) in [6, 6.07) is 4.36. The lowest BCUT2D eigenvalue weighted by atomic mass is 10.1. The van der Waals surface area contributed by atoms with Crippen molar-refractivity contribution in [3.63, 3.8) is 0 Å². The first-order valence-electron chi connectivity index (χ1n) is 11.6. The largest absolute Gasteiger partial charge is 0.401 e. The van der Waals surface area contributed by atoms with Gasteiger partial charge in [0.05, 0.1) is 29.5 Å². The minimum atomic E-state index is 0.0450. The number of aromatic nitrogens is 1. The molecule has 32 heavy (non-hydrogen) atoms. The summed E-state index contributed by atoms with van der Waals surface area (Å²) in [5.74, 6) is 1.000. The summed E-state index contributed by atoms with van der Waals surface area (Å²) in [6.07, 6.45) is 3.96. The molecule has 0 radical (unpaired) electrons. The number of allylic oxidation sites excluding steroid dienone is 1. The molecule has 0 saturated carbocycles. The zero-order chi connectivity index (χ0) is 22.9. The van der Waals surface area contributed by atoms with Crippen LogP contribution >= 0.6 is 11.8 Å². The van der Waals surface area contributed by atoms with E-state index in [9.17, 15) is 0 Å². The second-order valence-electron chi connectivity index (χ2n) is 8.42. The topological polar surface area (TPSA) is 75.9 Å². The predicted molar refractivity (Wildman–Crippen MR) is 132 cm³/mol. The highest BCUT2D eigenvalue weighted by molar-refractivity contribution is 8.03. The zero-order valence-electron chi connectivity index (χ0n) is 19.8. The second-order valence-corrected chi connectivity index (χ2v) is 9.66. The van der Waals surface area contributed by atoms with Crippen LogP contribution in [0.2, 0.25) is 0 Å². The Morgan fingerprint density at radius 3 is 2.75 bits per heavy atom. The molecule has 8 heteroatoms. The highest BCUT2D eigenvalue weighted by atomic mass is 32.2. The number of piperazine rings is 1. The van der Waals surface area contributed by atoms with Crippen LogP contribution in [0.25, 0.3) is 0 Å². The molecule has 2 unspecified atom stereocenters. The van der Waals surface area contributed by atoms with Gasteiger partial charge in [-0.25, -0.2) is 0 Å². The van der Waals surface area contributed by atoms with E-state index in [2.05, 4.69) is 40.8 Å². The van der Waals surface area contributed by atoms with Crippen molar-refractivity contribution in [1.82, 2.24) is 20.1 Å². The zero-order valence-corrected chi connectivity index (χ0v) is 20.6. The van der Waals surface area contributed by atoms with Gasteiger partial charge in [0.1, 0.15) is 0 Å². The Kier molecular flexibility index (Phi) is 9.71. The first-order valence-corrected chi connectivity index (χ1v) is 12.5. The Morgan fingerprint density at radius 1 is 1.31 bits per heavy atom. The summed E-state index contributed by atoms with van der Waals surface area (Å²) in [5, 5.41) is 3.66. The minimum absolute atomic E-state index is 0.0450. The Balaban J connectivity index is 1.40. The lowest BCUT2D eigenvalue weighted by Gasteiger charge is -2.37. The van der Waals surface area contributed by atoms with Gasteiger partial charge in [-0.05, 0) is 25.0 Å². The van der Waals surface area contributed by atoms with Crippen molar-refractivity contribution in [3.05, 3.63) is 52.6 Å². The van der Waals surface area contributed by atoms with Gasteiger partial charge in [-0.2, -0.15) is 0 Å². The molecule has 7 nitrogen and oxygen atoms in total. The van der Waals surface area contributed by atoms with E-state index in [1.54, 1.807) is 18.9 Å². The summed E-state index contributed by atoms with van der Waals surface area (Å²) in [5.41, 5.74) is 9.52. The van der Waals surface area contributed by atoms with Crippen molar-refractivity contribution in [2.45, 2.75) is 44.6 Å². The van der Waals surface area contributed by atoms with E-state index >= 15 is 0 Å². The van der Waals surface area contributed by atoms with Crippen LogP contribution in [-0.2, 0) is 16.0 Å². The first kappa shape index (κ1) is 24.9. The maximum atomic E-state index is 6.24. The van der Waals surface area contributed by atoms with Gasteiger partial charge < -0.3 is 25.4 Å². The molecule has 3 N–H and O–H groups in total. The van der Waals surface area contributed by atoms with Gasteiger partial charge in [-0.3, -0.25) is 9.88 Å². The third-order valence-electron chi connectivity index (χ3n) is 5.98. The van der Waals surface area contributed by atoms with Crippen LogP contribution in [-0.4, -0.2) is 73.9 Å². The third kappa shape index (κ3) is 6.88. The van der Waals surface area contributed by atoms with E-state index in [4.69, 9.17) is 20.2 Å². The van der Waals surface area contributed by atoms with E-state index in [1.807, 2.05) is 13.1 Å². The molecule has 1 fully saturated rings. The number of hydrogen-bond donors (Lipinski definition) is 2. The van der Waals surface area contributed by atoms with Gasteiger partial charge in [0.2, 0.25) is 0 Å². The van der Waals surface area contributed by atoms with Crippen molar-refractivity contribution in [2.24, 2.45) is 5.73 Å². The lowest BCUT2D eigenvalue weighted by Crippen LogP contribution is -2.47. The summed E-state index contributed by atoms with van der Waals surface area (Å²) in [4.78, 5) is 10.7. The van der Waals surface area contributed by atoms with Crippen molar-refractivity contribution >= 4 is 11.8 Å². The maximum absolute atomic E-state index is 6.24. The maximum Gasteiger partial charge on any atom is 0.0940 e. The van der Waals surface area contributed by atoms with Gasteiger partial charge in [0.25, 0.3) is 0 Å². The number of pyridine rings is 1. The van der Waals surface area contributed by atoms with Crippen molar-refractivity contribution in [3.8, 4) is 0 Å². The molecule has 2 aliphatic rings. The van der Waals surface area contributed by atoms with Crippen molar-refractivity contribution < 1.29 is 9.47 Å². The Labute approximate surface area is 197 Å². The van der Waals surface area contributed by atoms with Gasteiger partial charge in [0.15, 0.2) is 0 Å². The lowest BCUT2D eigenvalue weighted by molar-refractivity contribution is 0.127. The molecule has 1 aromatic heterocycles. The van der Waals surface area contributed by atoms with Crippen LogP contribution in [0.4, 0.5) is 0 Å². The summed E-state index contributed by atoms with van der Waals surface area (Å²) in [7, 11) is 1.72. The molecule has 178 valence electrons. The SMILES string of the molecule is C=C(NCCOCCC)N1CCN(Cc2ccc(C3CC(N)=C(C(C)OC)S3)nc2)CC1. The van der Waals surface area contributed by atoms with E-state index < -0.39 is 0 Å². The Hall–Kier alpha value is -1.74. The molecular formula is C24H39N5O2S. The molecule has 0 spiro atoms. The molecule has 0 bridgehead atoms.